The summed E-state index contributed by atoms with van der Waals surface area (Å²) in [7, 11) is 0. The highest BCUT2D eigenvalue weighted by molar-refractivity contribution is 6.31. The molecule has 148 valence electrons. The fraction of sp³-hybridized carbons (Fsp3) is 0.600. The second-order valence-electron chi connectivity index (χ2n) is 8.48. The van der Waals surface area contributed by atoms with Crippen molar-refractivity contribution in [1.82, 2.24) is 0 Å². The Balaban J connectivity index is 1.69. The van der Waals surface area contributed by atoms with Gasteiger partial charge in [0, 0.05) is 5.56 Å². The molecule has 0 nitrogen and oxygen atoms in total. The van der Waals surface area contributed by atoms with Gasteiger partial charge in [-0.2, -0.15) is 0 Å². The molecule has 1 fully saturated rings. The fourth-order valence-electron chi connectivity index (χ4n) is 4.93. The van der Waals surface area contributed by atoms with Gasteiger partial charge in [-0.05, 0) is 80.8 Å². The molecule has 0 aromatic heterocycles. The Bertz CT molecular complexity index is 680. The molecule has 0 spiro atoms. The molecule has 0 radical (unpaired) electrons. The average Bonchev–Trinajstić information content (AvgIpc) is 2.70. The Morgan fingerprint density at radius 3 is 2.56 bits per heavy atom. The maximum Gasteiger partial charge on any atom is 0.149 e. The van der Waals surface area contributed by atoms with Crippen LogP contribution in [0.4, 0.5) is 4.39 Å². The molecule has 0 saturated heterocycles. The first-order chi connectivity index (χ1) is 13.1. The van der Waals surface area contributed by atoms with E-state index in [9.17, 15) is 0 Å². The van der Waals surface area contributed by atoms with Gasteiger partial charge in [0.1, 0.15) is 5.82 Å². The van der Waals surface area contributed by atoms with Crippen molar-refractivity contribution in [1.29, 1.82) is 0 Å². The van der Waals surface area contributed by atoms with Crippen molar-refractivity contribution in [3.8, 4) is 0 Å². The lowest BCUT2D eigenvalue weighted by Gasteiger charge is -2.30. The molecule has 2 heteroatoms. The van der Waals surface area contributed by atoms with E-state index in [0.717, 1.165) is 54.7 Å². The molecule has 1 aromatic rings. The minimum absolute atomic E-state index is 0.196. The first-order valence-corrected chi connectivity index (χ1v) is 11.3. The highest BCUT2D eigenvalue weighted by Gasteiger charge is 2.26. The maximum absolute atomic E-state index is 15.1. The third kappa shape index (κ3) is 5.05. The molecule has 3 rings (SSSR count). The third-order valence-corrected chi connectivity index (χ3v) is 7.01. The number of allylic oxidation sites excluding steroid dienone is 4. The van der Waals surface area contributed by atoms with Gasteiger partial charge in [-0.1, -0.05) is 68.1 Å². The highest BCUT2D eigenvalue weighted by Crippen LogP contribution is 2.42. The average molecular weight is 389 g/mol. The summed E-state index contributed by atoms with van der Waals surface area (Å²) in [5.74, 6) is 1.69. The zero-order valence-corrected chi connectivity index (χ0v) is 17.7. The molecule has 0 bridgehead atoms. The number of benzene rings is 1. The van der Waals surface area contributed by atoms with Crippen molar-refractivity contribution in [2.45, 2.75) is 84.0 Å². The Morgan fingerprint density at radius 1 is 1.15 bits per heavy atom. The molecule has 2 aliphatic rings. The number of unbranched alkanes of at least 4 members (excludes halogenated alkanes) is 1. The summed E-state index contributed by atoms with van der Waals surface area (Å²) in [4.78, 5) is 0. The van der Waals surface area contributed by atoms with Crippen LogP contribution < -0.4 is 0 Å². The molecule has 1 atom stereocenters. The molecule has 2 aliphatic carbocycles. The van der Waals surface area contributed by atoms with Crippen LogP contribution in [0.1, 0.15) is 95.1 Å². The van der Waals surface area contributed by atoms with E-state index in [-0.39, 0.29) is 5.82 Å². The predicted octanol–water partition coefficient (Wildman–Crippen LogP) is 8.70. The molecular weight excluding hydrogens is 355 g/mol. The summed E-state index contributed by atoms with van der Waals surface area (Å²) in [5, 5.41) is 0.376. The second kappa shape index (κ2) is 9.92. The molecule has 0 heterocycles. The van der Waals surface area contributed by atoms with Crippen molar-refractivity contribution in [2.24, 2.45) is 11.8 Å². The van der Waals surface area contributed by atoms with E-state index in [4.69, 9.17) is 11.6 Å². The van der Waals surface area contributed by atoms with Gasteiger partial charge in [0.05, 0.1) is 5.02 Å². The van der Waals surface area contributed by atoms with Crippen molar-refractivity contribution in [3.63, 3.8) is 0 Å². The minimum Gasteiger partial charge on any atom is -0.205 e. The smallest absolute Gasteiger partial charge is 0.149 e. The van der Waals surface area contributed by atoms with Crippen molar-refractivity contribution < 1.29 is 4.39 Å². The van der Waals surface area contributed by atoms with Crippen molar-refractivity contribution in [3.05, 3.63) is 52.3 Å². The van der Waals surface area contributed by atoms with E-state index in [1.54, 1.807) is 0 Å². The molecule has 27 heavy (non-hydrogen) atoms. The molecule has 0 N–H and O–H groups in total. The van der Waals surface area contributed by atoms with Crippen LogP contribution in [-0.4, -0.2) is 0 Å². The van der Waals surface area contributed by atoms with Crippen LogP contribution in [0.5, 0.6) is 0 Å². The lowest BCUT2D eigenvalue weighted by molar-refractivity contribution is 0.304. The Morgan fingerprint density at radius 2 is 1.93 bits per heavy atom. The van der Waals surface area contributed by atoms with Gasteiger partial charge >= 0.3 is 0 Å². The Labute approximate surface area is 169 Å². The summed E-state index contributed by atoms with van der Waals surface area (Å²) in [6.45, 7) is 4.33. The topological polar surface area (TPSA) is 0 Å². The lowest BCUT2D eigenvalue weighted by atomic mass is 9.76. The van der Waals surface area contributed by atoms with E-state index in [2.05, 4.69) is 38.1 Å². The first kappa shape index (κ1) is 20.6. The molecular formula is C25H34ClF. The zero-order chi connectivity index (χ0) is 19.2. The number of halogens is 2. The largest absolute Gasteiger partial charge is 0.205 e. The van der Waals surface area contributed by atoms with Crippen LogP contribution in [-0.2, 0) is 0 Å². The van der Waals surface area contributed by atoms with Gasteiger partial charge < -0.3 is 0 Å². The van der Waals surface area contributed by atoms with Crippen LogP contribution in [0, 0.1) is 17.7 Å². The van der Waals surface area contributed by atoms with E-state index in [0.29, 0.717) is 16.9 Å². The monoisotopic (exact) mass is 388 g/mol. The number of hydrogen-bond donors (Lipinski definition) is 0. The summed E-state index contributed by atoms with van der Waals surface area (Å²) in [5.41, 5.74) is 2.89. The van der Waals surface area contributed by atoms with Crippen molar-refractivity contribution >= 4 is 17.2 Å². The molecule has 0 aliphatic heterocycles. The molecule has 1 aromatic carbocycles. The zero-order valence-electron chi connectivity index (χ0n) is 16.9. The Kier molecular flexibility index (Phi) is 7.58. The summed E-state index contributed by atoms with van der Waals surface area (Å²) in [6, 6.07) is 4.10. The van der Waals surface area contributed by atoms with Gasteiger partial charge in [-0.25, -0.2) is 4.39 Å². The first-order valence-electron chi connectivity index (χ1n) is 10.9. The van der Waals surface area contributed by atoms with Crippen LogP contribution in [0.15, 0.2) is 30.4 Å². The van der Waals surface area contributed by atoms with Gasteiger partial charge in [0.25, 0.3) is 0 Å². The summed E-state index contributed by atoms with van der Waals surface area (Å²) < 4.78 is 15.1. The van der Waals surface area contributed by atoms with E-state index in [1.807, 2.05) is 6.07 Å². The predicted molar refractivity (Wildman–Crippen MR) is 116 cm³/mol. The molecule has 1 unspecified atom stereocenters. The van der Waals surface area contributed by atoms with Gasteiger partial charge in [0.2, 0.25) is 0 Å². The van der Waals surface area contributed by atoms with Crippen LogP contribution >= 0.6 is 11.6 Å². The lowest BCUT2D eigenvalue weighted by Crippen LogP contribution is -2.14. The van der Waals surface area contributed by atoms with Crippen LogP contribution in [0.3, 0.4) is 0 Å². The number of rotatable bonds is 6. The van der Waals surface area contributed by atoms with E-state index >= 15 is 4.39 Å². The standard InChI is InChI=1S/C25H34ClF/c1-3-5-7-19-10-12-20(13-11-19)22-16-17-23(25(27)24(22)26)21-14-8-18(6-4-2)9-15-21/h4,6,14,16-20H,3,5,7-13,15H2,1-2H3. The normalized spacial score (nSPS) is 26.4. The SMILES string of the molecule is CC=CC1CC=C(c2ccc(C3CCC(CCCC)CC3)c(Cl)c2F)CC1. The molecule has 1 saturated carbocycles. The van der Waals surface area contributed by atoms with E-state index in [1.165, 1.54) is 32.1 Å². The maximum atomic E-state index is 15.1. The molecule has 0 amide bonds. The second-order valence-corrected chi connectivity index (χ2v) is 8.86. The fourth-order valence-corrected chi connectivity index (χ4v) is 5.25. The quantitative estimate of drug-likeness (QED) is 0.427. The van der Waals surface area contributed by atoms with Crippen LogP contribution in [0.25, 0.3) is 5.57 Å². The summed E-state index contributed by atoms with van der Waals surface area (Å²) >= 11 is 6.54. The number of hydrogen-bond acceptors (Lipinski definition) is 0. The highest BCUT2D eigenvalue weighted by atomic mass is 35.5. The van der Waals surface area contributed by atoms with Crippen LogP contribution in [0.2, 0.25) is 5.02 Å². The minimum atomic E-state index is -0.196. The summed E-state index contributed by atoms with van der Waals surface area (Å²) in [6.07, 6.45) is 18.4. The van der Waals surface area contributed by atoms with E-state index < -0.39 is 0 Å². The van der Waals surface area contributed by atoms with Gasteiger partial charge in [-0.3, -0.25) is 0 Å². The van der Waals surface area contributed by atoms with Gasteiger partial charge in [-0.15, -0.1) is 0 Å². The van der Waals surface area contributed by atoms with Crippen molar-refractivity contribution in [2.75, 3.05) is 0 Å². The third-order valence-electron chi connectivity index (χ3n) is 6.63. The Hall–Kier alpha value is -1.08. The van der Waals surface area contributed by atoms with Gasteiger partial charge in [0.15, 0.2) is 0 Å².